The third-order valence-corrected chi connectivity index (χ3v) is 4.39. The van der Waals surface area contributed by atoms with Gasteiger partial charge in [0.05, 0.1) is 16.6 Å². The Labute approximate surface area is 164 Å². The second-order valence-corrected chi connectivity index (χ2v) is 6.55. The van der Waals surface area contributed by atoms with Crippen LogP contribution in [0.2, 0.25) is 10.0 Å². The van der Waals surface area contributed by atoms with Crippen LogP contribution in [0, 0.1) is 11.3 Å². The molecular formula is C18H15Cl2N3O4. The van der Waals surface area contributed by atoms with Crippen LogP contribution in [0.5, 0.6) is 5.75 Å². The normalized spacial score (nSPS) is 11.5. The Morgan fingerprint density at radius 1 is 1.33 bits per heavy atom. The molecule has 0 saturated heterocycles. The van der Waals surface area contributed by atoms with Gasteiger partial charge in [0.25, 0.3) is 11.5 Å². The van der Waals surface area contributed by atoms with Crippen molar-refractivity contribution in [1.82, 2.24) is 9.47 Å². The standard InChI is InChI=1S/C18H15Cl2N3O4/c1-22-5-3-4-10(17(22)26)9-23(2)18(27)12(8-21)15(24)11-6-13(19)16(25)14(20)7-11/h3-7,24-25H,9H2,1-2H3/b15-12-. The van der Waals surface area contributed by atoms with Crippen LogP contribution in [-0.4, -0.2) is 32.6 Å². The number of aliphatic hydroxyl groups is 1. The van der Waals surface area contributed by atoms with Crippen molar-refractivity contribution in [3.8, 4) is 11.8 Å². The number of benzene rings is 1. The van der Waals surface area contributed by atoms with Crippen molar-refractivity contribution < 1.29 is 15.0 Å². The number of carbonyl (C=O) groups excluding carboxylic acids is 1. The molecule has 0 atom stereocenters. The fraction of sp³-hybridized carbons (Fsp3) is 0.167. The highest BCUT2D eigenvalue weighted by Crippen LogP contribution is 2.35. The van der Waals surface area contributed by atoms with Gasteiger partial charge in [0, 0.05) is 31.4 Å². The molecule has 2 aromatic rings. The van der Waals surface area contributed by atoms with Crippen molar-refractivity contribution in [3.63, 3.8) is 0 Å². The number of aliphatic hydroxyl groups excluding tert-OH is 1. The highest BCUT2D eigenvalue weighted by Gasteiger charge is 2.22. The van der Waals surface area contributed by atoms with Crippen molar-refractivity contribution in [2.45, 2.75) is 6.54 Å². The van der Waals surface area contributed by atoms with Crippen LogP contribution in [0.15, 0.2) is 40.8 Å². The van der Waals surface area contributed by atoms with Gasteiger partial charge in [0.15, 0.2) is 11.3 Å². The number of hydrogen-bond acceptors (Lipinski definition) is 5. The number of carbonyl (C=O) groups is 1. The molecule has 27 heavy (non-hydrogen) atoms. The van der Waals surface area contributed by atoms with Gasteiger partial charge in [-0.3, -0.25) is 9.59 Å². The monoisotopic (exact) mass is 407 g/mol. The van der Waals surface area contributed by atoms with Crippen LogP contribution in [0.4, 0.5) is 0 Å². The molecule has 1 aromatic carbocycles. The van der Waals surface area contributed by atoms with E-state index in [2.05, 4.69) is 0 Å². The first-order valence-corrected chi connectivity index (χ1v) is 8.34. The molecule has 1 amide bonds. The number of aromatic hydroxyl groups is 1. The lowest BCUT2D eigenvalue weighted by molar-refractivity contribution is -0.126. The van der Waals surface area contributed by atoms with Crippen molar-refractivity contribution in [2.75, 3.05) is 7.05 Å². The summed E-state index contributed by atoms with van der Waals surface area (Å²) in [5, 5.41) is 29.0. The highest BCUT2D eigenvalue weighted by molar-refractivity contribution is 6.37. The molecule has 7 nitrogen and oxygen atoms in total. The number of likely N-dealkylation sites (N-methyl/N-ethyl adjacent to an activating group) is 1. The molecule has 0 radical (unpaired) electrons. The van der Waals surface area contributed by atoms with Gasteiger partial charge in [-0.05, 0) is 18.2 Å². The maximum absolute atomic E-state index is 12.6. The first-order valence-electron chi connectivity index (χ1n) is 7.59. The van der Waals surface area contributed by atoms with Gasteiger partial charge in [0.2, 0.25) is 0 Å². The smallest absolute Gasteiger partial charge is 0.268 e. The molecule has 0 spiro atoms. The van der Waals surface area contributed by atoms with Crippen molar-refractivity contribution in [3.05, 3.63) is 67.6 Å². The van der Waals surface area contributed by atoms with Crippen LogP contribution in [0.1, 0.15) is 11.1 Å². The summed E-state index contributed by atoms with van der Waals surface area (Å²) in [6.45, 7) is -0.0537. The molecular weight excluding hydrogens is 393 g/mol. The molecule has 140 valence electrons. The molecule has 0 unspecified atom stereocenters. The summed E-state index contributed by atoms with van der Waals surface area (Å²) in [4.78, 5) is 25.8. The molecule has 2 N–H and O–H groups in total. The number of phenols is 1. The van der Waals surface area contributed by atoms with Crippen LogP contribution in [0.25, 0.3) is 5.76 Å². The van der Waals surface area contributed by atoms with Gasteiger partial charge in [0.1, 0.15) is 11.8 Å². The van der Waals surface area contributed by atoms with Gasteiger partial charge in [-0.25, -0.2) is 0 Å². The zero-order valence-electron chi connectivity index (χ0n) is 14.4. The Morgan fingerprint density at radius 2 is 1.93 bits per heavy atom. The largest absolute Gasteiger partial charge is 0.506 e. The minimum absolute atomic E-state index is 0.00303. The Balaban J connectivity index is 2.39. The van der Waals surface area contributed by atoms with Crippen molar-refractivity contribution >= 4 is 34.9 Å². The maximum Gasteiger partial charge on any atom is 0.268 e. The molecule has 1 heterocycles. The topological polar surface area (TPSA) is 107 Å². The van der Waals surface area contributed by atoms with Crippen LogP contribution in [-0.2, 0) is 18.4 Å². The average molecular weight is 408 g/mol. The predicted octanol–water partition coefficient (Wildman–Crippen LogP) is 2.85. The number of phenolic OH excluding ortho intramolecular Hbond substituents is 1. The van der Waals surface area contributed by atoms with Gasteiger partial charge in [-0.15, -0.1) is 0 Å². The number of rotatable bonds is 4. The van der Waals surface area contributed by atoms with Crippen LogP contribution in [0.3, 0.4) is 0 Å². The summed E-state index contributed by atoms with van der Waals surface area (Å²) in [6.07, 6.45) is 1.58. The van der Waals surface area contributed by atoms with Crippen molar-refractivity contribution in [2.24, 2.45) is 7.05 Å². The Kier molecular flexibility index (Phi) is 6.16. The zero-order valence-corrected chi connectivity index (χ0v) is 15.9. The summed E-state index contributed by atoms with van der Waals surface area (Å²) >= 11 is 11.6. The fourth-order valence-corrected chi connectivity index (χ4v) is 2.83. The van der Waals surface area contributed by atoms with E-state index < -0.39 is 17.2 Å². The first kappa shape index (κ1) is 20.4. The minimum atomic E-state index is -0.791. The quantitative estimate of drug-likeness (QED) is 0.460. The number of nitriles is 1. The Bertz CT molecular complexity index is 1010. The minimum Gasteiger partial charge on any atom is -0.506 e. The molecule has 0 aliphatic heterocycles. The number of halogens is 2. The highest BCUT2D eigenvalue weighted by atomic mass is 35.5. The number of aromatic nitrogens is 1. The number of aryl methyl sites for hydroxylation is 1. The van der Waals surface area contributed by atoms with Gasteiger partial charge in [-0.1, -0.05) is 29.3 Å². The zero-order chi connectivity index (χ0) is 20.3. The lowest BCUT2D eigenvalue weighted by Gasteiger charge is -2.17. The van der Waals surface area contributed by atoms with E-state index in [0.717, 1.165) is 4.90 Å². The summed E-state index contributed by atoms with van der Waals surface area (Å²) in [7, 11) is 2.98. The summed E-state index contributed by atoms with van der Waals surface area (Å²) in [6, 6.07) is 7.24. The van der Waals surface area contributed by atoms with Gasteiger partial charge in [-0.2, -0.15) is 5.26 Å². The van der Waals surface area contributed by atoms with E-state index in [1.165, 1.54) is 23.7 Å². The van der Waals surface area contributed by atoms with Crippen LogP contribution >= 0.6 is 23.2 Å². The fourth-order valence-electron chi connectivity index (χ4n) is 2.34. The number of nitrogens with zero attached hydrogens (tertiary/aromatic N) is 3. The van der Waals surface area contributed by atoms with E-state index in [4.69, 9.17) is 23.2 Å². The molecule has 0 fully saturated rings. The van der Waals surface area contributed by atoms with E-state index >= 15 is 0 Å². The maximum atomic E-state index is 12.6. The lowest BCUT2D eigenvalue weighted by atomic mass is 10.1. The molecule has 0 bridgehead atoms. The summed E-state index contributed by atoms with van der Waals surface area (Å²) in [5.74, 6) is -1.81. The second kappa shape index (κ2) is 8.16. The van der Waals surface area contributed by atoms with Gasteiger partial charge < -0.3 is 19.7 Å². The second-order valence-electron chi connectivity index (χ2n) is 5.73. The van der Waals surface area contributed by atoms with Crippen LogP contribution < -0.4 is 5.56 Å². The van der Waals surface area contributed by atoms with Gasteiger partial charge >= 0.3 is 0 Å². The molecule has 2 rings (SSSR count). The van der Waals surface area contributed by atoms with E-state index in [-0.39, 0.29) is 33.5 Å². The lowest BCUT2D eigenvalue weighted by Crippen LogP contribution is -2.31. The third-order valence-electron chi connectivity index (χ3n) is 3.81. The summed E-state index contributed by atoms with van der Waals surface area (Å²) in [5.41, 5.74) is -0.482. The molecule has 0 saturated carbocycles. The first-order chi connectivity index (χ1) is 12.7. The van der Waals surface area contributed by atoms with E-state index in [1.807, 2.05) is 0 Å². The van der Waals surface area contributed by atoms with E-state index in [9.17, 15) is 25.1 Å². The number of amides is 1. The molecule has 0 aliphatic rings. The SMILES string of the molecule is CN(Cc1cccn(C)c1=O)C(=O)/C(C#N)=C(\O)c1cc(Cl)c(O)c(Cl)c1. The predicted molar refractivity (Wildman–Crippen MR) is 101 cm³/mol. The Hall–Kier alpha value is -2.95. The van der Waals surface area contributed by atoms with E-state index in [1.54, 1.807) is 31.4 Å². The molecule has 1 aromatic heterocycles. The van der Waals surface area contributed by atoms with Crippen molar-refractivity contribution in [1.29, 1.82) is 5.26 Å². The summed E-state index contributed by atoms with van der Waals surface area (Å²) < 4.78 is 1.37. The third kappa shape index (κ3) is 4.25. The molecule has 9 heteroatoms. The number of pyridine rings is 1. The number of hydrogen-bond donors (Lipinski definition) is 2. The molecule has 0 aliphatic carbocycles. The average Bonchev–Trinajstić information content (AvgIpc) is 2.63. The Morgan fingerprint density at radius 3 is 2.48 bits per heavy atom. The van der Waals surface area contributed by atoms with E-state index in [0.29, 0.717) is 5.56 Å².